The van der Waals surface area contributed by atoms with Crippen molar-refractivity contribution in [2.45, 2.75) is 19.9 Å². The summed E-state index contributed by atoms with van der Waals surface area (Å²) in [6.45, 7) is 4.38. The molecule has 2 heterocycles. The van der Waals surface area contributed by atoms with Crippen LogP contribution in [0.3, 0.4) is 0 Å². The van der Waals surface area contributed by atoms with Crippen LogP contribution in [0, 0.1) is 5.41 Å². The Morgan fingerprint density at radius 2 is 2.26 bits per heavy atom. The van der Waals surface area contributed by atoms with E-state index in [0.717, 1.165) is 25.1 Å². The molecule has 5 nitrogen and oxygen atoms in total. The van der Waals surface area contributed by atoms with Crippen LogP contribution in [0.2, 0.25) is 0 Å². The first-order valence-electron chi connectivity index (χ1n) is 5.95. The molecule has 0 saturated carbocycles. The highest BCUT2D eigenvalue weighted by atomic mass is 35.5. The van der Waals surface area contributed by atoms with E-state index in [9.17, 15) is 4.79 Å². The average Bonchev–Trinajstić information content (AvgIpc) is 2.88. The van der Waals surface area contributed by atoms with E-state index in [1.807, 2.05) is 27.2 Å². The Kier molecular flexibility index (Phi) is 6.83. The molecule has 1 aliphatic rings. The summed E-state index contributed by atoms with van der Waals surface area (Å²) in [5.74, 6) is 0.214. The van der Waals surface area contributed by atoms with Crippen LogP contribution in [0.4, 0.5) is 0 Å². The Labute approximate surface area is 126 Å². The van der Waals surface area contributed by atoms with Crippen LogP contribution >= 0.6 is 24.8 Å². The van der Waals surface area contributed by atoms with E-state index in [-0.39, 0.29) is 36.1 Å². The highest BCUT2D eigenvalue weighted by Crippen LogP contribution is 2.27. The third-order valence-electron chi connectivity index (χ3n) is 3.41. The van der Waals surface area contributed by atoms with Crippen LogP contribution in [-0.4, -0.2) is 40.7 Å². The van der Waals surface area contributed by atoms with Gasteiger partial charge in [-0.15, -0.1) is 24.8 Å². The Morgan fingerprint density at radius 3 is 2.74 bits per heavy atom. The van der Waals surface area contributed by atoms with Crippen LogP contribution in [0.25, 0.3) is 0 Å². The first kappa shape index (κ1) is 18.2. The predicted molar refractivity (Wildman–Crippen MR) is 79.8 cm³/mol. The number of hydrogen-bond acceptors (Lipinski definition) is 3. The average molecular weight is 309 g/mol. The molecule has 0 bridgehead atoms. The van der Waals surface area contributed by atoms with Crippen molar-refractivity contribution in [3.63, 3.8) is 0 Å². The minimum atomic E-state index is -0.239. The monoisotopic (exact) mass is 308 g/mol. The second-order valence-electron chi connectivity index (χ2n) is 5.17. The largest absolute Gasteiger partial charge is 0.341 e. The zero-order chi connectivity index (χ0) is 12.5. The van der Waals surface area contributed by atoms with Crippen molar-refractivity contribution >= 4 is 30.7 Å². The second kappa shape index (κ2) is 7.12. The highest BCUT2D eigenvalue weighted by Gasteiger charge is 2.38. The van der Waals surface area contributed by atoms with Crippen molar-refractivity contribution in [3.05, 3.63) is 18.0 Å². The minimum absolute atomic E-state index is 0. The summed E-state index contributed by atoms with van der Waals surface area (Å²) in [5.41, 5.74) is 0.828. The van der Waals surface area contributed by atoms with Gasteiger partial charge in [-0.25, -0.2) is 0 Å². The molecule has 19 heavy (non-hydrogen) atoms. The predicted octanol–water partition coefficient (Wildman–Crippen LogP) is 1.22. The molecular formula is C12H22Cl2N4O. The quantitative estimate of drug-likeness (QED) is 0.913. The molecule has 2 rings (SSSR count). The molecule has 0 spiro atoms. The van der Waals surface area contributed by atoms with Gasteiger partial charge in [-0.05, 0) is 19.9 Å². The number of amides is 1. The van der Waals surface area contributed by atoms with Crippen LogP contribution in [0.1, 0.15) is 18.9 Å². The van der Waals surface area contributed by atoms with Crippen LogP contribution in [0.5, 0.6) is 0 Å². The van der Waals surface area contributed by atoms with Crippen molar-refractivity contribution in [2.75, 3.05) is 20.1 Å². The van der Waals surface area contributed by atoms with Gasteiger partial charge in [-0.1, -0.05) is 0 Å². The fourth-order valence-corrected chi connectivity index (χ4v) is 2.36. The van der Waals surface area contributed by atoms with E-state index in [1.165, 1.54) is 0 Å². The van der Waals surface area contributed by atoms with Gasteiger partial charge in [-0.3, -0.25) is 9.48 Å². The zero-order valence-electron chi connectivity index (χ0n) is 11.5. The van der Waals surface area contributed by atoms with Gasteiger partial charge in [-0.2, -0.15) is 5.10 Å². The number of carbonyl (C=O) groups is 1. The zero-order valence-corrected chi connectivity index (χ0v) is 13.2. The van der Waals surface area contributed by atoms with Gasteiger partial charge < -0.3 is 10.2 Å². The van der Waals surface area contributed by atoms with Gasteiger partial charge in [0.05, 0.1) is 11.6 Å². The van der Waals surface area contributed by atoms with E-state index < -0.39 is 0 Å². The molecular weight excluding hydrogens is 287 g/mol. The maximum atomic E-state index is 12.3. The van der Waals surface area contributed by atoms with Crippen LogP contribution in [0.15, 0.2) is 12.4 Å². The molecule has 110 valence electrons. The van der Waals surface area contributed by atoms with E-state index in [4.69, 9.17) is 0 Å². The Bertz CT molecular complexity index is 416. The highest BCUT2D eigenvalue weighted by molar-refractivity contribution is 5.85. The van der Waals surface area contributed by atoms with Crippen molar-refractivity contribution in [1.82, 2.24) is 20.0 Å². The Balaban J connectivity index is 0.00000162. The summed E-state index contributed by atoms with van der Waals surface area (Å²) in [6.07, 6.45) is 4.67. The number of aromatic nitrogens is 2. The molecule has 0 aliphatic carbocycles. The molecule has 7 heteroatoms. The van der Waals surface area contributed by atoms with Crippen molar-refractivity contribution in [1.29, 1.82) is 0 Å². The van der Waals surface area contributed by atoms with Gasteiger partial charge in [0.1, 0.15) is 0 Å². The molecule has 1 amide bonds. The first-order valence-corrected chi connectivity index (χ1v) is 5.95. The molecule has 0 aromatic carbocycles. The van der Waals surface area contributed by atoms with E-state index >= 15 is 0 Å². The number of hydrogen-bond donors (Lipinski definition) is 1. The van der Waals surface area contributed by atoms with E-state index in [2.05, 4.69) is 10.4 Å². The fraction of sp³-hybridized carbons (Fsp3) is 0.667. The minimum Gasteiger partial charge on any atom is -0.341 e. The molecule has 1 aliphatic heterocycles. The lowest BCUT2D eigenvalue weighted by molar-refractivity contribution is -0.139. The summed E-state index contributed by atoms with van der Waals surface area (Å²) < 4.78 is 1.76. The molecule has 1 atom stereocenters. The number of rotatable bonds is 3. The Morgan fingerprint density at radius 1 is 1.58 bits per heavy atom. The summed E-state index contributed by atoms with van der Waals surface area (Å²) in [6, 6.07) is 0. The van der Waals surface area contributed by atoms with Gasteiger partial charge in [0.15, 0.2) is 0 Å². The normalized spacial score (nSPS) is 21.4. The lowest BCUT2D eigenvalue weighted by Gasteiger charge is -2.28. The summed E-state index contributed by atoms with van der Waals surface area (Å²) in [7, 11) is 3.74. The van der Waals surface area contributed by atoms with Gasteiger partial charge in [0, 0.05) is 38.9 Å². The molecule has 1 saturated heterocycles. The number of carbonyl (C=O) groups excluding carboxylic acids is 1. The van der Waals surface area contributed by atoms with Gasteiger partial charge in [0.2, 0.25) is 5.91 Å². The topological polar surface area (TPSA) is 50.2 Å². The molecule has 1 unspecified atom stereocenters. The van der Waals surface area contributed by atoms with E-state index in [1.54, 1.807) is 15.8 Å². The van der Waals surface area contributed by atoms with Crippen molar-refractivity contribution in [2.24, 2.45) is 12.5 Å². The Hall–Kier alpha value is -0.780. The molecule has 1 aromatic heterocycles. The third-order valence-corrected chi connectivity index (χ3v) is 3.41. The van der Waals surface area contributed by atoms with Crippen LogP contribution in [-0.2, 0) is 18.4 Å². The number of nitrogens with one attached hydrogen (secondary N) is 1. The number of nitrogens with zero attached hydrogens (tertiary/aromatic N) is 3. The molecule has 1 N–H and O–H groups in total. The maximum Gasteiger partial charge on any atom is 0.229 e. The summed E-state index contributed by atoms with van der Waals surface area (Å²) >= 11 is 0. The molecule has 1 fully saturated rings. The van der Waals surface area contributed by atoms with Gasteiger partial charge >= 0.3 is 0 Å². The maximum absolute atomic E-state index is 12.3. The van der Waals surface area contributed by atoms with Crippen molar-refractivity contribution in [3.8, 4) is 0 Å². The smallest absolute Gasteiger partial charge is 0.229 e. The molecule has 0 radical (unpaired) electrons. The van der Waals surface area contributed by atoms with Gasteiger partial charge in [0.25, 0.3) is 0 Å². The number of halogens is 2. The lowest BCUT2D eigenvalue weighted by Crippen LogP contribution is -2.41. The lowest BCUT2D eigenvalue weighted by atomic mass is 9.88. The first-order chi connectivity index (χ1) is 8.01. The van der Waals surface area contributed by atoms with Crippen molar-refractivity contribution < 1.29 is 4.79 Å². The fourth-order valence-electron chi connectivity index (χ4n) is 2.36. The second-order valence-corrected chi connectivity index (χ2v) is 5.17. The SMILES string of the molecule is CN(Cc1cnn(C)c1)C(=O)C1(C)CCNC1.Cl.Cl. The summed E-state index contributed by atoms with van der Waals surface area (Å²) in [4.78, 5) is 14.1. The molecule has 1 aromatic rings. The number of aryl methyl sites for hydroxylation is 1. The standard InChI is InChI=1S/C12H20N4O.2ClH/c1-12(4-5-13-9-12)11(17)15(2)7-10-6-14-16(3)8-10;;/h6,8,13H,4-5,7,9H2,1-3H3;2*1H. The summed E-state index contributed by atoms with van der Waals surface area (Å²) in [5, 5.41) is 7.36. The third kappa shape index (κ3) is 4.09. The van der Waals surface area contributed by atoms with E-state index in [0.29, 0.717) is 6.54 Å². The van der Waals surface area contributed by atoms with Crippen LogP contribution < -0.4 is 5.32 Å².